The Labute approximate surface area is 117 Å². The van der Waals surface area contributed by atoms with E-state index in [0.29, 0.717) is 17.1 Å². The zero-order chi connectivity index (χ0) is 14.1. The number of hydrogen-bond donors (Lipinski definition) is 1. The lowest BCUT2D eigenvalue weighted by molar-refractivity contribution is 0.230. The third-order valence-corrected chi connectivity index (χ3v) is 3.53. The van der Waals surface area contributed by atoms with Crippen LogP contribution in [0.25, 0.3) is 0 Å². The number of hydrogen-bond acceptors (Lipinski definition) is 4. The normalized spacial score (nSPS) is 16.4. The highest BCUT2D eigenvalue weighted by molar-refractivity contribution is 5.53. The van der Waals surface area contributed by atoms with Crippen molar-refractivity contribution < 1.29 is 19.3 Å². The Balaban J connectivity index is 2.00. The molecule has 0 unspecified atom stereocenters. The smallest absolute Gasteiger partial charge is 0.164 e. The van der Waals surface area contributed by atoms with Crippen LogP contribution in [0.5, 0.6) is 23.0 Å². The lowest BCUT2D eigenvalue weighted by Gasteiger charge is -2.16. The van der Waals surface area contributed by atoms with E-state index in [4.69, 9.17) is 14.2 Å². The minimum Gasteiger partial charge on any atom is -0.504 e. The van der Waals surface area contributed by atoms with Crippen LogP contribution in [0.15, 0.2) is 36.4 Å². The van der Waals surface area contributed by atoms with Gasteiger partial charge in [-0.1, -0.05) is 18.2 Å². The summed E-state index contributed by atoms with van der Waals surface area (Å²) < 4.78 is 16.3. The molecule has 0 aromatic heterocycles. The number of phenols is 1. The van der Waals surface area contributed by atoms with E-state index in [1.807, 2.05) is 24.3 Å². The van der Waals surface area contributed by atoms with Crippen molar-refractivity contribution in [3.63, 3.8) is 0 Å². The predicted molar refractivity (Wildman–Crippen MR) is 74.7 cm³/mol. The predicted octanol–water partition coefficient (Wildman–Crippen LogP) is 3.09. The van der Waals surface area contributed by atoms with Gasteiger partial charge in [0.2, 0.25) is 0 Å². The number of benzene rings is 2. The fourth-order valence-electron chi connectivity index (χ4n) is 2.48. The number of aromatic hydroxyl groups is 1. The van der Waals surface area contributed by atoms with E-state index in [2.05, 4.69) is 0 Å². The molecule has 0 saturated carbocycles. The van der Waals surface area contributed by atoms with Gasteiger partial charge in [-0.3, -0.25) is 0 Å². The Kier molecular flexibility index (Phi) is 3.14. The van der Waals surface area contributed by atoms with Crippen LogP contribution in [-0.4, -0.2) is 19.3 Å². The Morgan fingerprint density at radius 2 is 1.95 bits per heavy atom. The maximum absolute atomic E-state index is 10.3. The molecule has 20 heavy (non-hydrogen) atoms. The molecule has 1 N–H and O–H groups in total. The van der Waals surface area contributed by atoms with Crippen molar-refractivity contribution in [2.75, 3.05) is 14.2 Å². The number of ether oxygens (including phenoxy) is 3. The number of para-hydroxylation sites is 1. The molecule has 0 radical (unpaired) electrons. The number of fused-ring (bicyclic) bond motifs is 1. The van der Waals surface area contributed by atoms with Crippen molar-refractivity contribution in [3.05, 3.63) is 47.5 Å². The standard InChI is InChI=1S/C16H16O4/c1-18-11-8-12(16(17)15(9-11)19-2)14-7-10-5-3-4-6-13(10)20-14/h3-6,8-9,14,17H,7H2,1-2H3/t14-/m0/s1. The highest BCUT2D eigenvalue weighted by atomic mass is 16.5. The summed E-state index contributed by atoms with van der Waals surface area (Å²) in [5, 5.41) is 10.3. The largest absolute Gasteiger partial charge is 0.504 e. The van der Waals surface area contributed by atoms with Gasteiger partial charge in [-0.2, -0.15) is 0 Å². The van der Waals surface area contributed by atoms with Crippen molar-refractivity contribution in [2.45, 2.75) is 12.5 Å². The summed E-state index contributed by atoms with van der Waals surface area (Å²) in [7, 11) is 3.10. The molecule has 4 heteroatoms. The monoisotopic (exact) mass is 272 g/mol. The number of phenolic OH excluding ortho intramolecular Hbond substituents is 1. The van der Waals surface area contributed by atoms with Crippen LogP contribution in [0.2, 0.25) is 0 Å². The van der Waals surface area contributed by atoms with E-state index in [-0.39, 0.29) is 11.9 Å². The third-order valence-electron chi connectivity index (χ3n) is 3.53. The van der Waals surface area contributed by atoms with Crippen molar-refractivity contribution in [3.8, 4) is 23.0 Å². The van der Waals surface area contributed by atoms with Gasteiger partial charge in [0.1, 0.15) is 17.6 Å². The van der Waals surface area contributed by atoms with Gasteiger partial charge in [-0.25, -0.2) is 0 Å². The van der Waals surface area contributed by atoms with Gasteiger partial charge in [0.25, 0.3) is 0 Å². The molecule has 2 aromatic rings. The summed E-state index contributed by atoms with van der Waals surface area (Å²) in [5.41, 5.74) is 1.82. The van der Waals surface area contributed by atoms with Crippen LogP contribution in [-0.2, 0) is 6.42 Å². The molecule has 104 valence electrons. The quantitative estimate of drug-likeness (QED) is 0.932. The first-order chi connectivity index (χ1) is 9.72. The second-order valence-electron chi connectivity index (χ2n) is 4.69. The summed E-state index contributed by atoms with van der Waals surface area (Å²) in [4.78, 5) is 0. The highest BCUT2D eigenvalue weighted by Crippen LogP contribution is 2.44. The molecule has 1 atom stereocenters. The molecular weight excluding hydrogens is 256 g/mol. The molecule has 0 fully saturated rings. The van der Waals surface area contributed by atoms with Crippen molar-refractivity contribution in [1.82, 2.24) is 0 Å². The second kappa shape index (κ2) is 4.96. The first-order valence-electron chi connectivity index (χ1n) is 6.42. The average Bonchev–Trinajstić information content (AvgIpc) is 2.91. The minimum atomic E-state index is -0.226. The molecule has 3 rings (SSSR count). The summed E-state index contributed by atoms with van der Waals surface area (Å²) in [5.74, 6) is 1.98. The lowest BCUT2D eigenvalue weighted by atomic mass is 10.0. The molecule has 4 nitrogen and oxygen atoms in total. The Bertz CT molecular complexity index is 611. The molecule has 0 aliphatic carbocycles. The van der Waals surface area contributed by atoms with Crippen molar-refractivity contribution in [2.24, 2.45) is 0 Å². The second-order valence-corrected chi connectivity index (χ2v) is 4.69. The summed E-state index contributed by atoms with van der Waals surface area (Å²) in [6.07, 6.45) is 0.497. The van der Waals surface area contributed by atoms with Crippen LogP contribution in [0.4, 0.5) is 0 Å². The van der Waals surface area contributed by atoms with Gasteiger partial charge in [-0.15, -0.1) is 0 Å². The summed E-state index contributed by atoms with van der Waals surface area (Å²) in [6, 6.07) is 11.3. The van der Waals surface area contributed by atoms with E-state index >= 15 is 0 Å². The van der Waals surface area contributed by atoms with Crippen LogP contribution >= 0.6 is 0 Å². The molecule has 0 saturated heterocycles. The van der Waals surface area contributed by atoms with Gasteiger partial charge in [0, 0.05) is 18.1 Å². The Morgan fingerprint density at radius 1 is 1.15 bits per heavy atom. The zero-order valence-electron chi connectivity index (χ0n) is 11.4. The fraction of sp³-hybridized carbons (Fsp3) is 0.250. The molecule has 1 aliphatic rings. The molecule has 0 bridgehead atoms. The zero-order valence-corrected chi connectivity index (χ0v) is 11.4. The summed E-state index contributed by atoms with van der Waals surface area (Å²) in [6.45, 7) is 0. The van der Waals surface area contributed by atoms with Gasteiger partial charge < -0.3 is 19.3 Å². The minimum absolute atomic E-state index is 0.103. The van der Waals surface area contributed by atoms with Gasteiger partial charge >= 0.3 is 0 Å². The van der Waals surface area contributed by atoms with E-state index in [1.54, 1.807) is 19.2 Å². The van der Waals surface area contributed by atoms with Crippen LogP contribution in [0.3, 0.4) is 0 Å². The fourth-order valence-corrected chi connectivity index (χ4v) is 2.48. The van der Waals surface area contributed by atoms with Gasteiger partial charge in [0.15, 0.2) is 11.5 Å². The Hall–Kier alpha value is -2.36. The molecule has 2 aromatic carbocycles. The number of rotatable bonds is 3. The molecular formula is C16H16O4. The van der Waals surface area contributed by atoms with Crippen LogP contribution < -0.4 is 14.2 Å². The average molecular weight is 272 g/mol. The van der Waals surface area contributed by atoms with Crippen LogP contribution in [0.1, 0.15) is 17.2 Å². The molecule has 0 amide bonds. The molecule has 0 spiro atoms. The van der Waals surface area contributed by atoms with E-state index in [1.165, 1.54) is 7.11 Å². The van der Waals surface area contributed by atoms with Gasteiger partial charge in [-0.05, 0) is 17.7 Å². The summed E-state index contributed by atoms with van der Waals surface area (Å²) >= 11 is 0. The van der Waals surface area contributed by atoms with Crippen LogP contribution in [0, 0.1) is 0 Å². The van der Waals surface area contributed by atoms with E-state index < -0.39 is 0 Å². The highest BCUT2D eigenvalue weighted by Gasteiger charge is 2.28. The maximum atomic E-state index is 10.3. The first-order valence-corrected chi connectivity index (χ1v) is 6.42. The molecule has 1 heterocycles. The van der Waals surface area contributed by atoms with Crippen molar-refractivity contribution in [1.29, 1.82) is 0 Å². The SMILES string of the molecule is COc1cc(OC)c(O)c([C@@H]2Cc3ccccc3O2)c1. The lowest BCUT2D eigenvalue weighted by Crippen LogP contribution is -2.05. The number of methoxy groups -OCH3 is 2. The van der Waals surface area contributed by atoms with Gasteiger partial charge in [0.05, 0.1) is 14.2 Å². The Morgan fingerprint density at radius 3 is 2.65 bits per heavy atom. The van der Waals surface area contributed by atoms with Crippen molar-refractivity contribution >= 4 is 0 Å². The van der Waals surface area contributed by atoms with E-state index in [0.717, 1.165) is 17.7 Å². The third kappa shape index (κ3) is 2.03. The molecule has 1 aliphatic heterocycles. The first kappa shape index (κ1) is 12.7. The van der Waals surface area contributed by atoms with E-state index in [9.17, 15) is 5.11 Å². The topological polar surface area (TPSA) is 47.9 Å². The maximum Gasteiger partial charge on any atom is 0.164 e.